The van der Waals surface area contributed by atoms with Gasteiger partial charge in [-0.05, 0) is 44.4 Å². The normalized spacial score (nSPS) is 23.4. The second kappa shape index (κ2) is 6.85. The van der Waals surface area contributed by atoms with E-state index in [-0.39, 0.29) is 17.8 Å². The van der Waals surface area contributed by atoms with Gasteiger partial charge in [-0.3, -0.25) is 0 Å². The number of nitrogens with one attached hydrogen (secondary N) is 1. The second-order valence-corrected chi connectivity index (χ2v) is 7.74. The van der Waals surface area contributed by atoms with Crippen LogP contribution in [0.5, 0.6) is 0 Å². The zero-order valence-electron chi connectivity index (χ0n) is 12.4. The van der Waals surface area contributed by atoms with Crippen molar-refractivity contribution in [1.82, 2.24) is 4.72 Å². The van der Waals surface area contributed by atoms with Crippen molar-refractivity contribution in [3.8, 4) is 0 Å². The van der Waals surface area contributed by atoms with Crippen molar-refractivity contribution in [2.75, 3.05) is 13.2 Å². The number of rotatable bonds is 5. The Morgan fingerprint density at radius 3 is 2.86 bits per heavy atom. The van der Waals surface area contributed by atoms with Crippen molar-refractivity contribution in [3.05, 3.63) is 35.6 Å². The van der Waals surface area contributed by atoms with Gasteiger partial charge >= 0.3 is 0 Å². The highest BCUT2D eigenvalue weighted by Gasteiger charge is 2.36. The molecule has 1 heterocycles. The van der Waals surface area contributed by atoms with E-state index in [1.807, 2.05) is 6.07 Å². The van der Waals surface area contributed by atoms with Crippen molar-refractivity contribution in [2.24, 2.45) is 5.92 Å². The average molecular weight is 315 g/mol. The maximum atomic E-state index is 13.3. The second-order valence-electron chi connectivity index (χ2n) is 5.81. The summed E-state index contributed by atoms with van der Waals surface area (Å²) in [5.41, 5.74) is 0.801. The molecule has 4 nitrogen and oxygen atoms in total. The summed E-state index contributed by atoms with van der Waals surface area (Å²) in [5.74, 6) is -0.458. The van der Waals surface area contributed by atoms with E-state index in [1.165, 1.54) is 12.1 Å². The Balaban J connectivity index is 2.16. The van der Waals surface area contributed by atoms with Gasteiger partial charge in [-0.25, -0.2) is 17.5 Å². The zero-order chi connectivity index (χ0) is 15.5. The van der Waals surface area contributed by atoms with Crippen LogP contribution in [0.1, 0.15) is 25.8 Å². The highest BCUT2D eigenvalue weighted by atomic mass is 32.2. The zero-order valence-corrected chi connectivity index (χ0v) is 13.2. The van der Waals surface area contributed by atoms with E-state index in [4.69, 9.17) is 4.74 Å². The first-order valence-electron chi connectivity index (χ1n) is 7.22. The highest BCUT2D eigenvalue weighted by molar-refractivity contribution is 7.90. The SMILES string of the molecule is CC(C)NS(=O)(=O)[C@@H]1CCOC[C@H]1Cc1cccc(F)c1. The van der Waals surface area contributed by atoms with Gasteiger partial charge in [0.2, 0.25) is 10.0 Å². The van der Waals surface area contributed by atoms with Crippen molar-refractivity contribution in [2.45, 2.75) is 38.0 Å². The van der Waals surface area contributed by atoms with Gasteiger partial charge < -0.3 is 4.74 Å². The smallest absolute Gasteiger partial charge is 0.215 e. The molecule has 0 spiro atoms. The Morgan fingerprint density at radius 1 is 1.43 bits per heavy atom. The lowest BCUT2D eigenvalue weighted by Gasteiger charge is -2.32. The Labute approximate surface area is 125 Å². The average Bonchev–Trinajstić information content (AvgIpc) is 2.37. The highest BCUT2D eigenvalue weighted by Crippen LogP contribution is 2.25. The van der Waals surface area contributed by atoms with E-state index >= 15 is 0 Å². The van der Waals surface area contributed by atoms with Crippen LogP contribution in [-0.4, -0.2) is 32.9 Å². The quantitative estimate of drug-likeness (QED) is 0.905. The van der Waals surface area contributed by atoms with Crippen LogP contribution < -0.4 is 4.72 Å². The Bertz CT molecular complexity index is 574. The summed E-state index contributed by atoms with van der Waals surface area (Å²) in [5, 5.41) is -0.489. The van der Waals surface area contributed by atoms with E-state index in [2.05, 4.69) is 4.72 Å². The van der Waals surface area contributed by atoms with Gasteiger partial charge in [-0.15, -0.1) is 0 Å². The first-order valence-corrected chi connectivity index (χ1v) is 8.76. The van der Waals surface area contributed by atoms with E-state index < -0.39 is 15.3 Å². The molecule has 0 aliphatic carbocycles. The lowest BCUT2D eigenvalue weighted by atomic mass is 9.93. The molecular weight excluding hydrogens is 293 g/mol. The van der Waals surface area contributed by atoms with Gasteiger partial charge in [-0.2, -0.15) is 0 Å². The van der Waals surface area contributed by atoms with Crippen LogP contribution in [0.4, 0.5) is 4.39 Å². The molecule has 6 heteroatoms. The summed E-state index contributed by atoms with van der Waals surface area (Å²) in [6.07, 6.45) is 0.976. The lowest BCUT2D eigenvalue weighted by Crippen LogP contribution is -2.46. The van der Waals surface area contributed by atoms with Gasteiger partial charge in [0, 0.05) is 18.6 Å². The molecule has 0 amide bonds. The molecule has 1 aliphatic rings. The molecule has 2 rings (SSSR count). The molecule has 21 heavy (non-hydrogen) atoms. The van der Waals surface area contributed by atoms with Crippen LogP contribution in [0.2, 0.25) is 0 Å². The first kappa shape index (κ1) is 16.4. The summed E-state index contributed by atoms with van der Waals surface area (Å²) < 4.78 is 46.2. The fourth-order valence-corrected chi connectivity index (χ4v) is 4.68. The maximum absolute atomic E-state index is 13.3. The lowest BCUT2D eigenvalue weighted by molar-refractivity contribution is 0.0569. The summed E-state index contributed by atoms with van der Waals surface area (Å²) in [7, 11) is -3.39. The van der Waals surface area contributed by atoms with Crippen molar-refractivity contribution in [3.63, 3.8) is 0 Å². The predicted octanol–water partition coefficient (Wildman–Crippen LogP) is 2.10. The van der Waals surface area contributed by atoms with Crippen LogP contribution in [-0.2, 0) is 21.2 Å². The molecule has 2 atom stereocenters. The number of hydrogen-bond acceptors (Lipinski definition) is 3. The van der Waals surface area contributed by atoms with E-state index in [0.29, 0.717) is 26.1 Å². The monoisotopic (exact) mass is 315 g/mol. The number of benzene rings is 1. The van der Waals surface area contributed by atoms with E-state index in [1.54, 1.807) is 19.9 Å². The number of ether oxygens (including phenoxy) is 1. The summed E-state index contributed by atoms with van der Waals surface area (Å²) in [6.45, 7) is 4.44. The first-order chi connectivity index (χ1) is 9.88. The Morgan fingerprint density at radius 2 is 2.19 bits per heavy atom. The molecule has 118 valence electrons. The molecule has 0 radical (unpaired) electrons. The molecule has 0 bridgehead atoms. The molecule has 0 aromatic heterocycles. The van der Waals surface area contributed by atoms with Crippen LogP contribution in [0.25, 0.3) is 0 Å². The van der Waals surface area contributed by atoms with Crippen LogP contribution in [0.15, 0.2) is 24.3 Å². The van der Waals surface area contributed by atoms with Gasteiger partial charge in [0.1, 0.15) is 5.82 Å². The van der Waals surface area contributed by atoms with Crippen molar-refractivity contribution < 1.29 is 17.5 Å². The van der Waals surface area contributed by atoms with E-state index in [9.17, 15) is 12.8 Å². The van der Waals surface area contributed by atoms with Crippen molar-refractivity contribution >= 4 is 10.0 Å². The largest absolute Gasteiger partial charge is 0.381 e. The van der Waals surface area contributed by atoms with Gasteiger partial charge in [0.15, 0.2) is 0 Å². The summed E-state index contributed by atoms with van der Waals surface area (Å²) >= 11 is 0. The van der Waals surface area contributed by atoms with E-state index in [0.717, 1.165) is 5.56 Å². The molecule has 0 unspecified atom stereocenters. The predicted molar refractivity (Wildman–Crippen MR) is 80.0 cm³/mol. The molecular formula is C15H22FNO3S. The fraction of sp³-hybridized carbons (Fsp3) is 0.600. The minimum Gasteiger partial charge on any atom is -0.381 e. The molecule has 1 aromatic rings. The molecule has 1 N–H and O–H groups in total. The molecule has 1 fully saturated rings. The minimum absolute atomic E-state index is 0.132. The van der Waals surface area contributed by atoms with Gasteiger partial charge in [-0.1, -0.05) is 12.1 Å². The molecule has 1 saturated heterocycles. The standard InChI is InChI=1S/C15H22FNO3S/c1-11(2)17-21(18,19)15-6-7-20-10-13(15)8-12-4-3-5-14(16)9-12/h3-5,9,11,13,15,17H,6-8,10H2,1-2H3/t13-,15-/m1/s1. The fourth-order valence-electron chi connectivity index (χ4n) is 2.76. The number of sulfonamides is 1. The van der Waals surface area contributed by atoms with Crippen LogP contribution in [0, 0.1) is 11.7 Å². The van der Waals surface area contributed by atoms with Crippen LogP contribution in [0.3, 0.4) is 0 Å². The molecule has 1 aliphatic heterocycles. The maximum Gasteiger partial charge on any atom is 0.215 e. The Kier molecular flexibility index (Phi) is 5.35. The number of hydrogen-bond donors (Lipinski definition) is 1. The van der Waals surface area contributed by atoms with Gasteiger partial charge in [0.25, 0.3) is 0 Å². The summed E-state index contributed by atoms with van der Waals surface area (Å²) in [6, 6.07) is 6.16. The minimum atomic E-state index is -3.39. The van der Waals surface area contributed by atoms with Gasteiger partial charge in [0.05, 0.1) is 11.9 Å². The molecule has 1 aromatic carbocycles. The Hall–Kier alpha value is -0.980. The topological polar surface area (TPSA) is 55.4 Å². The third-order valence-corrected chi connectivity index (χ3v) is 5.81. The van der Waals surface area contributed by atoms with Crippen molar-refractivity contribution in [1.29, 1.82) is 0 Å². The molecule has 0 saturated carbocycles. The summed E-state index contributed by atoms with van der Waals surface area (Å²) in [4.78, 5) is 0. The number of halogens is 1. The van der Waals surface area contributed by atoms with Crippen LogP contribution >= 0.6 is 0 Å². The third-order valence-electron chi connectivity index (χ3n) is 3.59. The third kappa shape index (κ3) is 4.49.